The number of quaternary nitrogens is 1. The van der Waals surface area contributed by atoms with Crippen LogP contribution in [0.5, 0.6) is 0 Å². The largest absolute Gasteiger partial charge is 0.356 e. The van der Waals surface area contributed by atoms with Crippen molar-refractivity contribution in [2.24, 2.45) is 38.8 Å². The third-order valence-electron chi connectivity index (χ3n) is 14.9. The normalized spacial score (nSPS) is 23.2. The molecule has 2 aromatic carbocycles. The van der Waals surface area contributed by atoms with Crippen LogP contribution in [0.15, 0.2) is 71.4 Å². The molecular weight excluding hydrogens is 940 g/mol. The minimum atomic E-state index is -0.672. The molecule has 2 amide bonds. The number of piperidine rings is 2. The molecule has 6 aliphatic rings. The van der Waals surface area contributed by atoms with Crippen molar-refractivity contribution in [1.82, 2.24) is 30.0 Å². The van der Waals surface area contributed by atoms with Crippen LogP contribution in [0.25, 0.3) is 0 Å². The smallest absolute Gasteiger partial charge is 0.246 e. The predicted octanol–water partition coefficient (Wildman–Crippen LogP) is 7.79. The molecule has 372 valence electrons. The summed E-state index contributed by atoms with van der Waals surface area (Å²) in [4.78, 5) is 54.7. The summed E-state index contributed by atoms with van der Waals surface area (Å²) in [6.45, 7) is 9.84. The summed E-state index contributed by atoms with van der Waals surface area (Å²) in [7, 11) is 0. The zero-order chi connectivity index (χ0) is 50.9. The molecule has 4 aliphatic heterocycles. The molecule has 2 aromatic heterocycles. The number of nitrogens with zero attached hydrogens (tertiary/aromatic N) is 11. The number of nitrogens with two attached hydrogens (primary N) is 1. The van der Waals surface area contributed by atoms with Gasteiger partial charge in [0.1, 0.15) is 76.2 Å². The van der Waals surface area contributed by atoms with E-state index < -0.39 is 35.4 Å². The number of rotatable bonds is 6. The predicted molar refractivity (Wildman–Crippen MR) is 255 cm³/mol. The molecule has 2 bridgehead atoms. The molecule has 20 heteroatoms. The summed E-state index contributed by atoms with van der Waals surface area (Å²) in [5, 5.41) is 30.8. The summed E-state index contributed by atoms with van der Waals surface area (Å²) in [6, 6.07) is 12.6. The molecule has 71 heavy (non-hydrogen) atoms. The Hall–Kier alpha value is -6.70. The van der Waals surface area contributed by atoms with E-state index in [0.717, 1.165) is 57.3 Å². The summed E-state index contributed by atoms with van der Waals surface area (Å²) in [5.74, 6) is -1.16. The number of anilines is 1. The number of amides is 2. The van der Waals surface area contributed by atoms with Gasteiger partial charge in [0.15, 0.2) is 0 Å². The Morgan fingerprint density at radius 2 is 1.21 bits per heavy atom. The summed E-state index contributed by atoms with van der Waals surface area (Å²) >= 11 is 5.42. The Labute approximate surface area is 415 Å². The first-order chi connectivity index (χ1) is 34.1. The monoisotopic (exact) mass is 995 g/mol. The molecule has 4 aromatic rings. The Morgan fingerprint density at radius 3 is 1.63 bits per heavy atom. The van der Waals surface area contributed by atoms with Crippen molar-refractivity contribution < 1.29 is 37.3 Å². The number of hydrogen-bond acceptors (Lipinski definition) is 12. The van der Waals surface area contributed by atoms with E-state index in [-0.39, 0.29) is 34.8 Å². The van der Waals surface area contributed by atoms with Crippen LogP contribution in [0, 0.1) is 74.5 Å². The number of carbonyl (C=O) groups is 3. The van der Waals surface area contributed by atoms with Crippen LogP contribution < -0.4 is 10.2 Å². The molecule has 4 atom stereocenters. The highest BCUT2D eigenvalue weighted by Crippen LogP contribution is 2.65. The maximum atomic E-state index is 13.6. The average Bonchev–Trinajstić information content (AvgIpc) is 4.16. The molecule has 15 nitrogen and oxygen atoms in total. The van der Waals surface area contributed by atoms with Crippen molar-refractivity contribution in [2.75, 3.05) is 31.1 Å². The second-order valence-electron chi connectivity index (χ2n) is 19.0. The van der Waals surface area contributed by atoms with E-state index in [2.05, 4.69) is 56.2 Å². The van der Waals surface area contributed by atoms with Gasteiger partial charge in [-0.2, -0.15) is 20.7 Å². The van der Waals surface area contributed by atoms with Crippen molar-refractivity contribution >= 4 is 47.4 Å². The number of halogens is 5. The molecule has 10 rings (SSSR count). The number of benzene rings is 2. The van der Waals surface area contributed by atoms with Crippen LogP contribution in [0.4, 0.5) is 23.4 Å². The number of fused-ring (bicyclic) bond motifs is 2. The molecule has 2 N–H and O–H groups in total. The van der Waals surface area contributed by atoms with Crippen LogP contribution >= 0.6 is 11.6 Å². The SMILES string of the molecule is CC[C@]12CCC(CC1=O)C2(C)C.N#Cc1cc(Cl)ncn1.N#Cc1cc(N2CCC(C(=O)N3N=CC[C@H]3c3cc(F)cc(F)c3)CC2)ncn1.O=C(C1CC[NH2+]CC1)N1N=CC[C@H]1c1cc(F)cc(F)c1. The number of hydrazone groups is 2. The third-order valence-corrected chi connectivity index (χ3v) is 15.1. The molecule has 2 saturated heterocycles. The van der Waals surface area contributed by atoms with Gasteiger partial charge in [-0.05, 0) is 78.8 Å². The van der Waals surface area contributed by atoms with E-state index in [1.165, 1.54) is 59.4 Å². The molecule has 2 saturated carbocycles. The summed E-state index contributed by atoms with van der Waals surface area (Å²) < 4.78 is 54.0. The quantitative estimate of drug-likeness (QED) is 0.147. The van der Waals surface area contributed by atoms with Crippen LogP contribution in [0.3, 0.4) is 0 Å². The van der Waals surface area contributed by atoms with E-state index in [1.807, 2.05) is 17.0 Å². The highest BCUT2D eigenvalue weighted by molar-refractivity contribution is 6.29. The van der Waals surface area contributed by atoms with Gasteiger partial charge in [-0.1, -0.05) is 32.4 Å². The van der Waals surface area contributed by atoms with Crippen LogP contribution in [-0.2, 0) is 14.4 Å². The van der Waals surface area contributed by atoms with Crippen molar-refractivity contribution in [2.45, 2.75) is 97.1 Å². The van der Waals surface area contributed by atoms with Gasteiger partial charge in [0.25, 0.3) is 0 Å². The maximum Gasteiger partial charge on any atom is 0.246 e. The van der Waals surface area contributed by atoms with Crippen LogP contribution in [0.1, 0.15) is 120 Å². The fourth-order valence-corrected chi connectivity index (χ4v) is 11.0. The number of nitriles is 2. The lowest BCUT2D eigenvalue weighted by atomic mass is 9.67. The van der Waals surface area contributed by atoms with Gasteiger partial charge in [-0.15, -0.1) is 0 Å². The first-order valence-corrected chi connectivity index (χ1v) is 24.3. The van der Waals surface area contributed by atoms with Crippen molar-refractivity contribution in [3.63, 3.8) is 0 Å². The Balaban J connectivity index is 0.000000153. The van der Waals surface area contributed by atoms with Crippen molar-refractivity contribution in [3.05, 3.63) is 112 Å². The first kappa shape index (κ1) is 52.1. The van der Waals surface area contributed by atoms with Gasteiger partial charge in [0.2, 0.25) is 11.8 Å². The fourth-order valence-electron chi connectivity index (χ4n) is 10.8. The maximum absolute atomic E-state index is 13.6. The Morgan fingerprint density at radius 1 is 0.718 bits per heavy atom. The topological polar surface area (TPSA) is 201 Å². The van der Waals surface area contributed by atoms with E-state index in [4.69, 9.17) is 22.1 Å². The van der Waals surface area contributed by atoms with Gasteiger partial charge in [0, 0.05) is 93.2 Å². The molecule has 2 aliphatic carbocycles. The Kier molecular flexibility index (Phi) is 16.9. The lowest BCUT2D eigenvalue weighted by Crippen LogP contribution is -2.86. The van der Waals surface area contributed by atoms with E-state index >= 15 is 0 Å². The standard InChI is InChI=1S/C20H18F2N6O.C15H17F2N3O.C11H18O.C5H2ClN3/c21-15-7-14(8-16(22)9-15)18-1-4-26-28(18)20(29)13-2-5-27(6-3-13)19-10-17(11-23)24-12-25-19;16-12-7-11(8-13(17)9-12)14-3-6-19-20(14)15(21)10-1-4-18-5-2-10;1-4-11-6-5-8(7-9(11)12)10(11,2)3;6-5-1-4(2-7)8-3-9-5/h4,7-10,12-13,18H,1-3,5-6H2;6-10,14,18H,1-5H2;8H,4-7H2,1-3H3;1,3H/p+1/t18-;14-;8?,11-;/m000./s1. The van der Waals surface area contributed by atoms with E-state index in [0.29, 0.717) is 83.7 Å². The van der Waals surface area contributed by atoms with Gasteiger partial charge in [-0.3, -0.25) is 14.4 Å². The molecule has 0 spiro atoms. The molecule has 6 heterocycles. The van der Waals surface area contributed by atoms with Crippen molar-refractivity contribution in [1.29, 1.82) is 10.5 Å². The first-order valence-electron chi connectivity index (χ1n) is 23.9. The average molecular weight is 997 g/mol. The highest BCUT2D eigenvalue weighted by Gasteiger charge is 2.62. The number of carbonyl (C=O) groups excluding carboxylic acids is 3. The second-order valence-corrected chi connectivity index (χ2v) is 19.4. The summed E-state index contributed by atoms with van der Waals surface area (Å²) in [5.41, 5.74) is 1.80. The van der Waals surface area contributed by atoms with Crippen LogP contribution in [-0.4, -0.2) is 86.2 Å². The number of aromatic nitrogens is 4. The lowest BCUT2D eigenvalue weighted by molar-refractivity contribution is -0.664. The molecule has 1 unspecified atom stereocenters. The number of Topliss-reactive ketones (excluding diaryl/α,β-unsaturated/α-hetero) is 1. The highest BCUT2D eigenvalue weighted by atomic mass is 35.5. The van der Waals surface area contributed by atoms with Gasteiger partial charge < -0.3 is 10.2 Å². The minimum Gasteiger partial charge on any atom is -0.356 e. The fraction of sp³-hybridized carbons (Fsp3) is 0.471. The zero-order valence-corrected chi connectivity index (χ0v) is 40.6. The number of hydrogen-bond donors (Lipinski definition) is 1. The second kappa shape index (κ2) is 23.0. The van der Waals surface area contributed by atoms with Gasteiger partial charge in [0.05, 0.1) is 31.1 Å². The van der Waals surface area contributed by atoms with E-state index in [9.17, 15) is 31.9 Å². The Bertz CT molecular complexity index is 2690. The minimum absolute atomic E-state index is 0.0356. The van der Waals surface area contributed by atoms with Gasteiger partial charge in [-0.25, -0.2) is 47.5 Å². The lowest BCUT2D eigenvalue weighted by Gasteiger charge is -2.35. The van der Waals surface area contributed by atoms with Gasteiger partial charge >= 0.3 is 0 Å². The van der Waals surface area contributed by atoms with Crippen molar-refractivity contribution in [3.8, 4) is 12.1 Å². The third kappa shape index (κ3) is 11.9. The molecular formula is C51H56ClF4N12O3+. The zero-order valence-electron chi connectivity index (χ0n) is 39.8. The molecule has 4 fully saturated rings. The van der Waals surface area contributed by atoms with Crippen LogP contribution in [0.2, 0.25) is 5.15 Å². The summed E-state index contributed by atoms with van der Waals surface area (Å²) in [6.07, 6.45) is 14.0. The van der Waals surface area contributed by atoms with E-state index in [1.54, 1.807) is 18.5 Å². The molecule has 0 radical (unpaired) electrons. The number of ketones is 1.